The van der Waals surface area contributed by atoms with Gasteiger partial charge in [0.2, 0.25) is 5.82 Å². The van der Waals surface area contributed by atoms with E-state index >= 15 is 0 Å². The highest BCUT2D eigenvalue weighted by Crippen LogP contribution is 2.26. The van der Waals surface area contributed by atoms with Crippen LogP contribution in [-0.4, -0.2) is 22.1 Å². The number of hydrogen-bond donors (Lipinski definition) is 0. The van der Waals surface area contributed by atoms with Crippen molar-refractivity contribution < 1.29 is 18.8 Å². The molecule has 0 spiro atoms. The summed E-state index contributed by atoms with van der Waals surface area (Å²) in [5.74, 6) is -1.66. The monoisotopic (exact) mass is 300 g/mol. The lowest BCUT2D eigenvalue weighted by Crippen LogP contribution is -2.20. The fourth-order valence-electron chi connectivity index (χ4n) is 1.70. The number of thiazole rings is 1. The van der Waals surface area contributed by atoms with Crippen molar-refractivity contribution in [2.75, 3.05) is 6.61 Å². The maximum atomic E-state index is 13.5. The molecule has 2 rings (SSSR count). The highest BCUT2D eigenvalue weighted by Gasteiger charge is 2.20. The molecule has 1 heterocycles. The molecule has 0 amide bonds. The van der Waals surface area contributed by atoms with Crippen LogP contribution in [0.15, 0.2) is 16.9 Å². The van der Waals surface area contributed by atoms with Gasteiger partial charge < -0.3 is 4.74 Å². The van der Waals surface area contributed by atoms with Crippen molar-refractivity contribution in [1.29, 1.82) is 0 Å². The number of nitrogens with zero attached hydrogens (tertiary/aromatic N) is 2. The molecule has 0 aliphatic rings. The van der Waals surface area contributed by atoms with Crippen LogP contribution in [0, 0.1) is 15.9 Å². The standard InChI is InChI=1S/C11H9FN2O5S/c1-2-19-10(15)5-13-8-4-7(14(17)18)6(12)3-9(8)20-11(13)16/h3-4H,2,5H2,1H3. The fraction of sp³-hybridized carbons (Fsp3) is 0.273. The van der Waals surface area contributed by atoms with E-state index in [2.05, 4.69) is 0 Å². The van der Waals surface area contributed by atoms with Crippen LogP contribution in [0.3, 0.4) is 0 Å². The van der Waals surface area contributed by atoms with E-state index in [1.165, 1.54) is 0 Å². The van der Waals surface area contributed by atoms with Crippen LogP contribution in [0.2, 0.25) is 0 Å². The fourth-order valence-corrected chi connectivity index (χ4v) is 2.60. The van der Waals surface area contributed by atoms with Gasteiger partial charge >= 0.3 is 16.5 Å². The minimum Gasteiger partial charge on any atom is -0.465 e. The highest BCUT2D eigenvalue weighted by molar-refractivity contribution is 7.16. The quantitative estimate of drug-likeness (QED) is 0.486. The Labute approximate surface area is 115 Å². The number of nitro groups is 1. The summed E-state index contributed by atoms with van der Waals surface area (Å²) in [6.45, 7) is 1.41. The summed E-state index contributed by atoms with van der Waals surface area (Å²) in [5, 5.41) is 10.7. The Morgan fingerprint density at radius 1 is 1.55 bits per heavy atom. The Morgan fingerprint density at radius 3 is 2.85 bits per heavy atom. The number of esters is 1. The van der Waals surface area contributed by atoms with Crippen molar-refractivity contribution in [2.24, 2.45) is 0 Å². The lowest BCUT2D eigenvalue weighted by atomic mass is 10.3. The van der Waals surface area contributed by atoms with Crippen LogP contribution in [0.4, 0.5) is 10.1 Å². The minimum atomic E-state index is -1.02. The van der Waals surface area contributed by atoms with Crippen LogP contribution < -0.4 is 4.87 Å². The smallest absolute Gasteiger partial charge is 0.326 e. The first kappa shape index (κ1) is 14.1. The van der Waals surface area contributed by atoms with Gasteiger partial charge in [0.15, 0.2) is 0 Å². The van der Waals surface area contributed by atoms with Crippen LogP contribution in [-0.2, 0) is 16.1 Å². The molecule has 0 saturated heterocycles. The molecule has 0 bridgehead atoms. The number of rotatable bonds is 4. The number of benzene rings is 1. The van der Waals surface area contributed by atoms with E-state index in [9.17, 15) is 24.1 Å². The molecule has 0 fully saturated rings. The number of halogens is 1. The topological polar surface area (TPSA) is 91.4 Å². The average Bonchev–Trinajstić information content (AvgIpc) is 2.64. The maximum absolute atomic E-state index is 13.5. The molecule has 20 heavy (non-hydrogen) atoms. The van der Waals surface area contributed by atoms with Gasteiger partial charge in [0.25, 0.3) is 0 Å². The number of carbonyl (C=O) groups is 1. The summed E-state index contributed by atoms with van der Waals surface area (Å²) in [6, 6.07) is 1.86. The zero-order valence-electron chi connectivity index (χ0n) is 10.3. The first-order chi connectivity index (χ1) is 9.43. The summed E-state index contributed by atoms with van der Waals surface area (Å²) in [4.78, 5) is 32.5. The molecule has 9 heteroatoms. The van der Waals surface area contributed by atoms with E-state index in [4.69, 9.17) is 4.74 Å². The summed E-state index contributed by atoms with van der Waals surface area (Å²) in [5.41, 5.74) is -0.603. The van der Waals surface area contributed by atoms with E-state index in [-0.39, 0.29) is 23.4 Å². The molecule has 0 unspecified atom stereocenters. The van der Waals surface area contributed by atoms with E-state index in [0.29, 0.717) is 11.3 Å². The van der Waals surface area contributed by atoms with E-state index in [1.54, 1.807) is 6.92 Å². The van der Waals surface area contributed by atoms with Crippen LogP contribution in [0.25, 0.3) is 10.2 Å². The minimum absolute atomic E-state index is 0.140. The molecule has 0 radical (unpaired) electrons. The van der Waals surface area contributed by atoms with Gasteiger partial charge in [-0.05, 0) is 6.92 Å². The highest BCUT2D eigenvalue weighted by atomic mass is 32.1. The normalized spacial score (nSPS) is 10.7. The third kappa shape index (κ3) is 2.52. The third-order valence-electron chi connectivity index (χ3n) is 2.53. The van der Waals surface area contributed by atoms with Crippen LogP contribution in [0.1, 0.15) is 6.92 Å². The number of ether oxygens (including phenoxy) is 1. The largest absolute Gasteiger partial charge is 0.465 e. The molecule has 0 aliphatic heterocycles. The Balaban J connectivity index is 2.57. The lowest BCUT2D eigenvalue weighted by molar-refractivity contribution is -0.387. The molecule has 106 valence electrons. The molecular formula is C11H9FN2O5S. The number of nitro benzene ring substituents is 1. The van der Waals surface area contributed by atoms with Crippen molar-refractivity contribution in [1.82, 2.24) is 4.57 Å². The van der Waals surface area contributed by atoms with Crippen molar-refractivity contribution in [3.63, 3.8) is 0 Å². The first-order valence-corrected chi connectivity index (χ1v) is 6.38. The lowest BCUT2D eigenvalue weighted by Gasteiger charge is -2.03. The molecule has 1 aromatic carbocycles. The van der Waals surface area contributed by atoms with E-state index < -0.39 is 27.3 Å². The second kappa shape index (κ2) is 5.37. The maximum Gasteiger partial charge on any atom is 0.326 e. The van der Waals surface area contributed by atoms with Gasteiger partial charge in [-0.15, -0.1) is 0 Å². The number of hydrogen-bond acceptors (Lipinski definition) is 6. The van der Waals surface area contributed by atoms with Crippen LogP contribution in [0.5, 0.6) is 0 Å². The van der Waals surface area contributed by atoms with E-state index in [0.717, 1.165) is 16.7 Å². The van der Waals surface area contributed by atoms with Crippen molar-refractivity contribution in [3.8, 4) is 0 Å². The van der Waals surface area contributed by atoms with Gasteiger partial charge in [-0.25, -0.2) is 0 Å². The molecule has 0 N–H and O–H groups in total. The molecule has 0 aliphatic carbocycles. The molecule has 0 saturated carbocycles. The third-order valence-corrected chi connectivity index (χ3v) is 3.47. The number of fused-ring (bicyclic) bond motifs is 1. The molecular weight excluding hydrogens is 291 g/mol. The predicted octanol–water partition coefficient (Wildman–Crippen LogP) is 1.67. The summed E-state index contributed by atoms with van der Waals surface area (Å²) >= 11 is 0.710. The Bertz CT molecular complexity index is 751. The van der Waals surface area contributed by atoms with Gasteiger partial charge in [-0.3, -0.25) is 24.3 Å². The summed E-state index contributed by atoms with van der Waals surface area (Å²) in [7, 11) is 0. The molecule has 2 aromatic rings. The van der Waals surface area contributed by atoms with Crippen molar-refractivity contribution in [2.45, 2.75) is 13.5 Å². The predicted molar refractivity (Wildman–Crippen MR) is 69.3 cm³/mol. The van der Waals surface area contributed by atoms with Gasteiger partial charge in [0.05, 0.1) is 21.7 Å². The van der Waals surface area contributed by atoms with Gasteiger partial charge in [-0.1, -0.05) is 11.3 Å². The zero-order chi connectivity index (χ0) is 14.9. The van der Waals surface area contributed by atoms with Gasteiger partial charge in [0, 0.05) is 12.1 Å². The Morgan fingerprint density at radius 2 is 2.25 bits per heavy atom. The number of carbonyl (C=O) groups excluding carboxylic acids is 1. The zero-order valence-corrected chi connectivity index (χ0v) is 11.1. The van der Waals surface area contributed by atoms with E-state index in [1.807, 2.05) is 0 Å². The Hall–Kier alpha value is -2.29. The SMILES string of the molecule is CCOC(=O)Cn1c(=O)sc2cc(F)c([N+](=O)[O-])cc21. The first-order valence-electron chi connectivity index (χ1n) is 5.57. The summed E-state index contributed by atoms with van der Waals surface area (Å²) < 4.78 is 19.4. The van der Waals surface area contributed by atoms with Crippen LogP contribution >= 0.6 is 11.3 Å². The summed E-state index contributed by atoms with van der Waals surface area (Å²) in [6.07, 6.45) is 0. The second-order valence-electron chi connectivity index (χ2n) is 3.79. The van der Waals surface area contributed by atoms with Gasteiger partial charge in [0.1, 0.15) is 6.54 Å². The molecule has 0 atom stereocenters. The van der Waals surface area contributed by atoms with Gasteiger partial charge in [-0.2, -0.15) is 4.39 Å². The van der Waals surface area contributed by atoms with Crippen molar-refractivity contribution >= 4 is 33.2 Å². The average molecular weight is 300 g/mol. The Kier molecular flexibility index (Phi) is 3.79. The second-order valence-corrected chi connectivity index (χ2v) is 4.78. The van der Waals surface area contributed by atoms with Crippen molar-refractivity contribution in [3.05, 3.63) is 37.7 Å². The number of aromatic nitrogens is 1. The molecule has 1 aromatic heterocycles. The molecule has 7 nitrogen and oxygen atoms in total.